The molecule has 1 aliphatic heterocycles. The Morgan fingerprint density at radius 3 is 2.06 bits per heavy atom. The van der Waals surface area contributed by atoms with Crippen LogP contribution in [0.2, 0.25) is 0 Å². The number of aromatic nitrogens is 4. The van der Waals surface area contributed by atoms with Crippen LogP contribution in [0.4, 0.5) is 0 Å². The van der Waals surface area contributed by atoms with Crippen LogP contribution in [0.5, 0.6) is 0 Å². The summed E-state index contributed by atoms with van der Waals surface area (Å²) in [6.07, 6.45) is 9.55. The summed E-state index contributed by atoms with van der Waals surface area (Å²) in [7, 11) is 0. The number of rotatable bonds is 5. The summed E-state index contributed by atoms with van der Waals surface area (Å²) in [5.41, 5.74) is 13.0. The van der Waals surface area contributed by atoms with Crippen molar-refractivity contribution in [1.29, 1.82) is 0 Å². The Labute approximate surface area is 277 Å². The second-order valence-electron chi connectivity index (χ2n) is 11.8. The maximum Gasteiger partial charge on any atom is 0.160 e. The molecule has 0 bridgehead atoms. The summed E-state index contributed by atoms with van der Waals surface area (Å²) in [6, 6.07) is 44.2. The van der Waals surface area contributed by atoms with Crippen molar-refractivity contribution in [2.45, 2.75) is 16.6 Å². The first kappa shape index (κ1) is 27.6. The molecule has 1 atom stereocenters. The van der Waals surface area contributed by atoms with Gasteiger partial charge in [0, 0.05) is 55.7 Å². The molecule has 2 aliphatic rings. The largest absolute Gasteiger partial charge is 0.237 e. The third-order valence-corrected chi connectivity index (χ3v) is 10.3. The molecule has 0 amide bonds. The van der Waals surface area contributed by atoms with E-state index in [1.54, 1.807) is 0 Å². The quantitative estimate of drug-likeness (QED) is 0.192. The van der Waals surface area contributed by atoms with Gasteiger partial charge in [-0.05, 0) is 59.0 Å². The van der Waals surface area contributed by atoms with Gasteiger partial charge in [-0.2, -0.15) is 0 Å². The Kier molecular flexibility index (Phi) is 6.83. The molecule has 1 aliphatic carbocycles. The molecule has 7 aromatic rings. The van der Waals surface area contributed by atoms with Crippen LogP contribution in [-0.4, -0.2) is 25.2 Å². The molecule has 3 aromatic heterocycles. The van der Waals surface area contributed by atoms with E-state index in [-0.39, 0.29) is 0 Å². The van der Waals surface area contributed by atoms with Crippen molar-refractivity contribution < 1.29 is 0 Å². The van der Waals surface area contributed by atoms with Gasteiger partial charge in [0.05, 0.1) is 11.4 Å². The Morgan fingerprint density at radius 2 is 1.28 bits per heavy atom. The van der Waals surface area contributed by atoms with Crippen molar-refractivity contribution in [1.82, 2.24) is 19.9 Å². The summed E-state index contributed by atoms with van der Waals surface area (Å²) in [4.78, 5) is 20.8. The number of thioether (sulfide) groups is 1. The Balaban J connectivity index is 1.15. The molecule has 47 heavy (non-hydrogen) atoms. The fraction of sp³-hybridized carbons (Fsp3) is 0.0476. The number of hydrogen-bond donors (Lipinski definition) is 0. The van der Waals surface area contributed by atoms with Gasteiger partial charge in [0.1, 0.15) is 0 Å². The van der Waals surface area contributed by atoms with Crippen LogP contribution in [0.25, 0.3) is 67.2 Å². The van der Waals surface area contributed by atoms with E-state index >= 15 is 0 Å². The smallest absolute Gasteiger partial charge is 0.160 e. The van der Waals surface area contributed by atoms with Crippen molar-refractivity contribution in [2.24, 2.45) is 0 Å². The number of benzene rings is 4. The van der Waals surface area contributed by atoms with Gasteiger partial charge >= 0.3 is 0 Å². The predicted molar refractivity (Wildman–Crippen MR) is 194 cm³/mol. The molecular formula is C42H28N4S. The number of nitrogens with zero attached hydrogens (tertiary/aromatic N) is 4. The Hall–Kier alpha value is -5.65. The summed E-state index contributed by atoms with van der Waals surface area (Å²) in [5.74, 6) is 0.710. The number of fused-ring (bicyclic) bond motifs is 4. The van der Waals surface area contributed by atoms with Crippen molar-refractivity contribution in [3.8, 4) is 45.0 Å². The highest BCUT2D eigenvalue weighted by Gasteiger charge is 2.30. The average molecular weight is 621 g/mol. The van der Waals surface area contributed by atoms with Crippen molar-refractivity contribution in [3.63, 3.8) is 0 Å². The molecular weight excluding hydrogens is 593 g/mol. The topological polar surface area (TPSA) is 51.6 Å². The lowest BCUT2D eigenvalue weighted by atomic mass is 9.87. The Bertz CT molecular complexity index is 2290. The number of pyridine rings is 2. The molecule has 0 N–H and O–H groups in total. The van der Waals surface area contributed by atoms with Gasteiger partial charge in [0.2, 0.25) is 0 Å². The zero-order chi connectivity index (χ0) is 31.2. The minimum atomic E-state index is 0.461. The summed E-state index contributed by atoms with van der Waals surface area (Å²) < 4.78 is 0. The van der Waals surface area contributed by atoms with E-state index in [1.807, 2.05) is 66.6 Å². The van der Waals surface area contributed by atoms with Crippen LogP contribution in [-0.2, 0) is 0 Å². The minimum absolute atomic E-state index is 0.461. The summed E-state index contributed by atoms with van der Waals surface area (Å²) in [5, 5.41) is 1.50. The van der Waals surface area contributed by atoms with Gasteiger partial charge in [-0.15, -0.1) is 11.8 Å². The maximum atomic E-state index is 5.04. The highest BCUT2D eigenvalue weighted by Crippen LogP contribution is 2.50. The molecule has 4 aromatic carbocycles. The van der Waals surface area contributed by atoms with E-state index in [2.05, 4.69) is 102 Å². The Morgan fingerprint density at radius 1 is 0.596 bits per heavy atom. The van der Waals surface area contributed by atoms with Crippen LogP contribution in [0.1, 0.15) is 17.5 Å². The molecule has 0 saturated carbocycles. The van der Waals surface area contributed by atoms with Gasteiger partial charge in [-0.3, -0.25) is 0 Å². The van der Waals surface area contributed by atoms with Crippen LogP contribution in [0, 0.1) is 0 Å². The highest BCUT2D eigenvalue weighted by atomic mass is 32.2. The predicted octanol–water partition coefficient (Wildman–Crippen LogP) is 10.4. The van der Waals surface area contributed by atoms with Crippen LogP contribution >= 0.6 is 11.8 Å². The lowest BCUT2D eigenvalue weighted by molar-refractivity contribution is 1.09. The zero-order valence-corrected chi connectivity index (χ0v) is 26.2. The van der Waals surface area contributed by atoms with Gasteiger partial charge < -0.3 is 0 Å². The first-order chi connectivity index (χ1) is 23.3. The average Bonchev–Trinajstić information content (AvgIpc) is 3.53. The summed E-state index contributed by atoms with van der Waals surface area (Å²) >= 11 is 1.97. The third kappa shape index (κ3) is 5.05. The minimum Gasteiger partial charge on any atom is -0.237 e. The van der Waals surface area contributed by atoms with Gasteiger partial charge in [0.15, 0.2) is 11.5 Å². The van der Waals surface area contributed by atoms with Gasteiger partial charge in [-0.25, -0.2) is 19.9 Å². The second-order valence-corrected chi connectivity index (χ2v) is 13.0. The molecule has 5 heteroatoms. The molecule has 222 valence electrons. The monoisotopic (exact) mass is 620 g/mol. The molecule has 0 radical (unpaired) electrons. The van der Waals surface area contributed by atoms with E-state index in [0.717, 1.165) is 62.2 Å². The van der Waals surface area contributed by atoms with Crippen LogP contribution in [0.15, 0.2) is 157 Å². The normalized spacial score (nSPS) is 15.1. The summed E-state index contributed by atoms with van der Waals surface area (Å²) in [6.45, 7) is 0. The number of allylic oxidation sites excluding steroid dienone is 3. The fourth-order valence-electron chi connectivity index (χ4n) is 6.63. The lowest BCUT2D eigenvalue weighted by Crippen LogP contribution is -2.05. The van der Waals surface area contributed by atoms with Crippen molar-refractivity contribution >= 4 is 33.9 Å². The van der Waals surface area contributed by atoms with E-state index in [1.165, 1.54) is 21.6 Å². The number of hydrogen-bond acceptors (Lipinski definition) is 5. The van der Waals surface area contributed by atoms with Crippen LogP contribution in [0.3, 0.4) is 0 Å². The zero-order valence-electron chi connectivity index (χ0n) is 25.4. The first-order valence-electron chi connectivity index (χ1n) is 15.8. The highest BCUT2D eigenvalue weighted by molar-refractivity contribution is 8.00. The van der Waals surface area contributed by atoms with Gasteiger partial charge in [-0.1, -0.05) is 109 Å². The van der Waals surface area contributed by atoms with Gasteiger partial charge in [0.25, 0.3) is 0 Å². The molecule has 9 rings (SSSR count). The molecule has 4 nitrogen and oxygen atoms in total. The van der Waals surface area contributed by atoms with E-state index in [9.17, 15) is 0 Å². The molecule has 0 fully saturated rings. The third-order valence-electron chi connectivity index (χ3n) is 8.93. The van der Waals surface area contributed by atoms with E-state index in [0.29, 0.717) is 11.1 Å². The maximum absolute atomic E-state index is 5.04. The van der Waals surface area contributed by atoms with Crippen molar-refractivity contribution in [3.05, 3.63) is 163 Å². The van der Waals surface area contributed by atoms with E-state index in [4.69, 9.17) is 15.0 Å². The van der Waals surface area contributed by atoms with Crippen LogP contribution < -0.4 is 0 Å². The molecule has 0 spiro atoms. The first-order valence-corrected chi connectivity index (χ1v) is 16.7. The molecule has 1 unspecified atom stereocenters. The van der Waals surface area contributed by atoms with Crippen molar-refractivity contribution in [2.75, 3.05) is 0 Å². The van der Waals surface area contributed by atoms with E-state index < -0.39 is 0 Å². The molecule has 0 saturated heterocycles. The SMILES string of the molecule is C1=C(c2cnc3ncccc3c2-c2ccc(-c3cc(-c4ccccc4)nc(-c4ccccc4)n3)cc2)C=C2c3ccccc3SC2C1. The fourth-order valence-corrected chi connectivity index (χ4v) is 7.92. The standard InChI is InChI=1S/C42H28N4S/c1-3-10-27(11-4-1)36-25-37(46-41(45-36)30-12-5-2-6-13-30)28-17-19-29(20-18-28)40-33-15-9-23-43-42(33)44-26-35(40)31-21-22-39-34(24-31)32-14-7-8-16-38(32)47-39/h1-21,23-26,39H,22H2. The second kappa shape index (κ2) is 11.6. The molecule has 4 heterocycles. The lowest BCUT2D eigenvalue weighted by Gasteiger charge is -2.20.